The van der Waals surface area contributed by atoms with Gasteiger partial charge in [-0.2, -0.15) is 0 Å². The van der Waals surface area contributed by atoms with Crippen molar-refractivity contribution < 1.29 is 24.0 Å². The number of fused-ring (bicyclic) bond motifs is 3. The van der Waals surface area contributed by atoms with E-state index in [-0.39, 0.29) is 48.9 Å². The SMILES string of the molecule is CNC(=O)C(=O)CC[C@H](NC(=O)c1nc2ccccc2[nH]1)C(=O)Nc1cccn(CC(=O)NC2C(C)CC3CCCN2C3)c1=O. The van der Waals surface area contributed by atoms with Crippen LogP contribution in [-0.2, 0) is 25.7 Å². The number of Topliss-reactive ketones (excluding diaryl/α,β-unsaturated/α-hetero) is 1. The quantitative estimate of drug-likeness (QED) is 0.195. The Morgan fingerprint density at radius 1 is 1.11 bits per heavy atom. The van der Waals surface area contributed by atoms with E-state index in [0.29, 0.717) is 17.0 Å². The molecule has 14 heteroatoms. The number of hydrogen-bond acceptors (Lipinski definition) is 8. The average molecular weight is 619 g/mol. The summed E-state index contributed by atoms with van der Waals surface area (Å²) in [4.78, 5) is 86.1. The van der Waals surface area contributed by atoms with Crippen LogP contribution >= 0.6 is 0 Å². The van der Waals surface area contributed by atoms with Crippen LogP contribution in [0.2, 0.25) is 0 Å². The fraction of sp³-hybridized carbons (Fsp3) is 0.452. The second-order valence-electron chi connectivity index (χ2n) is 11.7. The number of H-pyrrole nitrogens is 1. The number of carbonyl (C=O) groups excluding carboxylic acids is 5. The molecule has 2 aromatic heterocycles. The van der Waals surface area contributed by atoms with Crippen molar-refractivity contribution in [2.75, 3.05) is 25.5 Å². The predicted molar refractivity (Wildman–Crippen MR) is 165 cm³/mol. The molecule has 5 N–H and O–H groups in total. The molecule has 2 saturated heterocycles. The van der Waals surface area contributed by atoms with Gasteiger partial charge in [0.05, 0.1) is 17.2 Å². The third kappa shape index (κ3) is 7.45. The summed E-state index contributed by atoms with van der Waals surface area (Å²) in [6.07, 6.45) is 4.17. The van der Waals surface area contributed by atoms with Gasteiger partial charge >= 0.3 is 0 Å². The van der Waals surface area contributed by atoms with E-state index < -0.39 is 35.1 Å². The average Bonchev–Trinajstić information content (AvgIpc) is 3.47. The minimum Gasteiger partial charge on any atom is -0.353 e. The lowest BCUT2D eigenvalue weighted by Gasteiger charge is -2.47. The van der Waals surface area contributed by atoms with Crippen LogP contribution in [-0.4, -0.2) is 81.2 Å². The zero-order valence-corrected chi connectivity index (χ0v) is 25.3. The predicted octanol–water partition coefficient (Wildman–Crippen LogP) is 0.751. The lowest BCUT2D eigenvalue weighted by atomic mass is 9.82. The summed E-state index contributed by atoms with van der Waals surface area (Å²) in [5.41, 5.74) is 0.441. The zero-order valence-electron chi connectivity index (χ0n) is 25.3. The van der Waals surface area contributed by atoms with Gasteiger partial charge in [0.15, 0.2) is 5.82 Å². The third-order valence-electron chi connectivity index (χ3n) is 8.46. The molecule has 1 aromatic carbocycles. The van der Waals surface area contributed by atoms with Crippen molar-refractivity contribution in [3.63, 3.8) is 0 Å². The summed E-state index contributed by atoms with van der Waals surface area (Å²) < 4.78 is 1.20. The van der Waals surface area contributed by atoms with Gasteiger partial charge in [0.1, 0.15) is 18.3 Å². The van der Waals surface area contributed by atoms with Crippen LogP contribution in [0.15, 0.2) is 47.4 Å². The molecular formula is C31H38N8O6. The van der Waals surface area contributed by atoms with Crippen LogP contribution in [0.5, 0.6) is 0 Å². The van der Waals surface area contributed by atoms with E-state index in [1.165, 1.54) is 36.4 Å². The first kappa shape index (κ1) is 31.6. The number of carbonyl (C=O) groups is 5. The van der Waals surface area contributed by atoms with Gasteiger partial charge < -0.3 is 30.8 Å². The smallest absolute Gasteiger partial charge is 0.287 e. The number of piperidine rings is 2. The summed E-state index contributed by atoms with van der Waals surface area (Å²) >= 11 is 0. The van der Waals surface area contributed by atoms with Crippen LogP contribution in [0.1, 0.15) is 49.6 Å². The van der Waals surface area contributed by atoms with Gasteiger partial charge in [0.2, 0.25) is 17.6 Å². The van der Waals surface area contributed by atoms with Crippen LogP contribution in [0, 0.1) is 11.8 Å². The number of amides is 4. The van der Waals surface area contributed by atoms with Crippen LogP contribution < -0.4 is 26.8 Å². The highest BCUT2D eigenvalue weighted by Crippen LogP contribution is 2.32. The summed E-state index contributed by atoms with van der Waals surface area (Å²) in [5.74, 6) is -2.51. The van der Waals surface area contributed by atoms with Crippen molar-refractivity contribution in [2.24, 2.45) is 11.8 Å². The Bertz CT molecular complexity index is 1630. The van der Waals surface area contributed by atoms with Crippen LogP contribution in [0.4, 0.5) is 5.69 Å². The molecule has 5 rings (SSSR count). The third-order valence-corrected chi connectivity index (χ3v) is 8.46. The Labute approximate surface area is 259 Å². The summed E-state index contributed by atoms with van der Waals surface area (Å²) in [6, 6.07) is 8.62. The number of pyridine rings is 1. The summed E-state index contributed by atoms with van der Waals surface area (Å²) in [6.45, 7) is 3.77. The normalized spacial score (nSPS) is 21.4. The molecule has 3 aromatic rings. The number of nitrogens with zero attached hydrogens (tertiary/aromatic N) is 3. The molecule has 14 nitrogen and oxygen atoms in total. The highest BCUT2D eigenvalue weighted by atomic mass is 16.2. The van der Waals surface area contributed by atoms with E-state index in [4.69, 9.17) is 0 Å². The van der Waals surface area contributed by atoms with Crippen molar-refractivity contribution in [2.45, 2.75) is 57.8 Å². The Morgan fingerprint density at radius 3 is 2.69 bits per heavy atom. The van der Waals surface area contributed by atoms with Gasteiger partial charge in [0, 0.05) is 32.8 Å². The molecule has 5 atom stereocenters. The maximum atomic E-state index is 13.4. The Kier molecular flexibility index (Phi) is 9.71. The summed E-state index contributed by atoms with van der Waals surface area (Å²) in [5, 5.41) is 10.4. The standard InChI is InChI=1S/C31H38N8O6/c1-18-15-19-7-5-13-38(16-19)27(18)37-25(41)17-39-14-6-10-23(31(39)45)36-28(42)22(11-12-24(40)29(43)32-2)35-30(44)26-33-20-8-3-4-9-21(20)34-26/h3-4,6,8-10,14,18-19,22,27H,5,7,11-13,15-17H2,1-2H3,(H,32,43)(H,33,34)(H,35,44)(H,36,42)(H,37,41)/t18?,19?,22-,27?/m0/s1. The first-order valence-electron chi connectivity index (χ1n) is 15.2. The number of para-hydroxylation sites is 2. The topological polar surface area (TPSA) is 187 Å². The molecule has 2 bridgehead atoms. The van der Waals surface area contributed by atoms with Gasteiger partial charge in [-0.05, 0) is 61.8 Å². The van der Waals surface area contributed by atoms with E-state index in [1.807, 2.05) is 0 Å². The van der Waals surface area contributed by atoms with E-state index in [0.717, 1.165) is 25.9 Å². The maximum absolute atomic E-state index is 13.4. The van der Waals surface area contributed by atoms with Gasteiger partial charge in [-0.15, -0.1) is 0 Å². The molecule has 4 unspecified atom stereocenters. The highest BCUT2D eigenvalue weighted by molar-refractivity contribution is 6.36. The number of benzene rings is 1. The molecule has 0 aliphatic carbocycles. The van der Waals surface area contributed by atoms with Crippen molar-refractivity contribution in [3.8, 4) is 0 Å². The Balaban J connectivity index is 1.27. The molecule has 4 heterocycles. The Hall–Kier alpha value is -4.85. The molecule has 2 aliphatic rings. The van der Waals surface area contributed by atoms with E-state index in [9.17, 15) is 28.8 Å². The maximum Gasteiger partial charge on any atom is 0.287 e. The first-order valence-corrected chi connectivity index (χ1v) is 15.2. The van der Waals surface area contributed by atoms with Crippen LogP contribution in [0.3, 0.4) is 0 Å². The van der Waals surface area contributed by atoms with Gasteiger partial charge in [-0.25, -0.2) is 4.98 Å². The van der Waals surface area contributed by atoms with Gasteiger partial charge in [-0.3, -0.25) is 33.7 Å². The molecule has 238 valence electrons. The monoisotopic (exact) mass is 618 g/mol. The second-order valence-corrected chi connectivity index (χ2v) is 11.7. The van der Waals surface area contributed by atoms with E-state index >= 15 is 0 Å². The lowest BCUT2D eigenvalue weighted by Crippen LogP contribution is -2.59. The molecule has 2 fully saturated rings. The molecule has 4 amide bonds. The molecule has 2 aliphatic heterocycles. The van der Waals surface area contributed by atoms with Crippen LogP contribution in [0.25, 0.3) is 11.0 Å². The molecule has 45 heavy (non-hydrogen) atoms. The number of rotatable bonds is 11. The minimum atomic E-state index is -1.29. The molecule has 0 spiro atoms. The fourth-order valence-electron chi connectivity index (χ4n) is 6.22. The van der Waals surface area contributed by atoms with E-state index in [1.54, 1.807) is 24.3 Å². The molecule has 0 saturated carbocycles. The van der Waals surface area contributed by atoms with E-state index in [2.05, 4.69) is 43.1 Å². The number of nitrogens with one attached hydrogen (secondary N) is 5. The number of imidazole rings is 1. The number of likely N-dealkylation sites (N-methyl/N-ethyl adjacent to an activating group) is 1. The van der Waals surface area contributed by atoms with Crippen molar-refractivity contribution >= 4 is 46.1 Å². The van der Waals surface area contributed by atoms with Crippen molar-refractivity contribution in [3.05, 3.63) is 58.8 Å². The second kappa shape index (κ2) is 13.8. The van der Waals surface area contributed by atoms with Crippen molar-refractivity contribution in [1.82, 2.24) is 35.4 Å². The summed E-state index contributed by atoms with van der Waals surface area (Å²) in [7, 11) is 1.31. The minimum absolute atomic E-state index is 0.0490. The number of aromatic nitrogens is 3. The highest BCUT2D eigenvalue weighted by Gasteiger charge is 2.36. The number of ketones is 1. The molecular weight excluding hydrogens is 580 g/mol. The molecule has 0 radical (unpaired) electrons. The largest absolute Gasteiger partial charge is 0.353 e. The fourth-order valence-corrected chi connectivity index (χ4v) is 6.22. The van der Waals surface area contributed by atoms with Crippen molar-refractivity contribution in [1.29, 1.82) is 0 Å². The Morgan fingerprint density at radius 2 is 1.91 bits per heavy atom. The number of anilines is 1. The van der Waals surface area contributed by atoms with Gasteiger partial charge in [-0.1, -0.05) is 19.1 Å². The number of hydrogen-bond donors (Lipinski definition) is 5. The van der Waals surface area contributed by atoms with Gasteiger partial charge in [0.25, 0.3) is 17.4 Å². The first-order chi connectivity index (χ1) is 21.6. The number of aromatic amines is 1. The lowest BCUT2D eigenvalue weighted by molar-refractivity contribution is -0.137. The zero-order chi connectivity index (χ0) is 32.1.